The van der Waals surface area contributed by atoms with Gasteiger partial charge in [-0.15, -0.1) is 0 Å². The third-order valence-corrected chi connectivity index (χ3v) is 3.20. The highest BCUT2D eigenvalue weighted by Gasteiger charge is 1.97. The van der Waals surface area contributed by atoms with Gasteiger partial charge in [0.2, 0.25) is 0 Å². The summed E-state index contributed by atoms with van der Waals surface area (Å²) in [6, 6.07) is 6.46. The molecular weight excluding hydrogens is 259 g/mol. The zero-order valence-corrected chi connectivity index (χ0v) is 10.5. The maximum atomic E-state index is 2.40. The van der Waals surface area contributed by atoms with Gasteiger partial charge >= 0.3 is 0 Å². The van der Waals surface area contributed by atoms with Crippen molar-refractivity contribution >= 4 is 22.6 Å². The Bertz CT molecular complexity index is 228. The Hall–Kier alpha value is -0.0500. The van der Waals surface area contributed by atoms with Gasteiger partial charge in [-0.05, 0) is 47.1 Å². The summed E-state index contributed by atoms with van der Waals surface area (Å²) in [5.41, 5.74) is 2.85. The number of rotatable bonds is 1. The highest BCUT2D eigenvalue weighted by Crippen LogP contribution is 2.16. The molecule has 0 radical (unpaired) electrons. The zero-order chi connectivity index (χ0) is 9.56. The molecule has 0 atom stereocenters. The van der Waals surface area contributed by atoms with Crippen molar-refractivity contribution in [1.29, 1.82) is 0 Å². The summed E-state index contributed by atoms with van der Waals surface area (Å²) in [4.78, 5) is 0. The van der Waals surface area contributed by atoms with Gasteiger partial charge in [-0.3, -0.25) is 0 Å². The van der Waals surface area contributed by atoms with Gasteiger partial charge in [0.15, 0.2) is 0 Å². The van der Waals surface area contributed by atoms with Crippen molar-refractivity contribution in [2.24, 2.45) is 0 Å². The van der Waals surface area contributed by atoms with Gasteiger partial charge in [0.05, 0.1) is 0 Å². The summed E-state index contributed by atoms with van der Waals surface area (Å²) in [5.74, 6) is 0. The van der Waals surface area contributed by atoms with Gasteiger partial charge in [-0.25, -0.2) is 0 Å². The average Bonchev–Trinajstić information content (AvgIpc) is 2.13. The van der Waals surface area contributed by atoms with Crippen LogP contribution in [-0.2, 0) is 6.42 Å². The number of hydrogen-bond donors (Lipinski definition) is 0. The predicted octanol–water partition coefficient (Wildman–Crippen LogP) is 4.19. The van der Waals surface area contributed by atoms with Crippen LogP contribution in [0.2, 0.25) is 0 Å². The van der Waals surface area contributed by atoms with Crippen molar-refractivity contribution in [2.75, 3.05) is 0 Å². The van der Waals surface area contributed by atoms with Crippen LogP contribution >= 0.6 is 22.6 Å². The van der Waals surface area contributed by atoms with E-state index in [1.165, 1.54) is 14.7 Å². The third-order valence-electron chi connectivity index (χ3n) is 1.65. The fourth-order valence-corrected chi connectivity index (χ4v) is 1.72. The minimum Gasteiger partial charge on any atom is -0.0683 e. The smallest absolute Gasteiger partial charge is 0.0191 e. The van der Waals surface area contributed by atoms with Crippen LogP contribution in [0.4, 0.5) is 0 Å². The normalized spacial score (nSPS) is 8.75. The maximum absolute atomic E-state index is 2.40. The van der Waals surface area contributed by atoms with Crippen LogP contribution in [0.1, 0.15) is 31.9 Å². The summed E-state index contributed by atoms with van der Waals surface area (Å²) < 4.78 is 1.42. The van der Waals surface area contributed by atoms with Gasteiger partial charge in [0.25, 0.3) is 0 Å². The van der Waals surface area contributed by atoms with Gasteiger partial charge in [-0.2, -0.15) is 0 Å². The zero-order valence-electron chi connectivity index (χ0n) is 8.32. The second-order valence-corrected chi connectivity index (χ2v) is 3.48. The van der Waals surface area contributed by atoms with E-state index in [1.54, 1.807) is 0 Å². The second kappa shape index (κ2) is 6.46. The highest BCUT2D eigenvalue weighted by molar-refractivity contribution is 14.1. The van der Waals surface area contributed by atoms with Crippen LogP contribution < -0.4 is 0 Å². The van der Waals surface area contributed by atoms with E-state index in [0.717, 1.165) is 6.42 Å². The summed E-state index contributed by atoms with van der Waals surface area (Å²) in [5, 5.41) is 0. The van der Waals surface area contributed by atoms with Crippen LogP contribution in [0.3, 0.4) is 0 Å². The van der Waals surface area contributed by atoms with E-state index in [4.69, 9.17) is 0 Å². The van der Waals surface area contributed by atoms with E-state index < -0.39 is 0 Å². The van der Waals surface area contributed by atoms with E-state index in [0.29, 0.717) is 0 Å². The first-order chi connectivity index (χ1) is 5.75. The monoisotopic (exact) mass is 276 g/mol. The summed E-state index contributed by atoms with van der Waals surface area (Å²) in [6.07, 6.45) is 1.14. The predicted molar refractivity (Wildman–Crippen MR) is 64.6 cm³/mol. The fraction of sp³-hybridized carbons (Fsp3) is 0.455. The lowest BCUT2D eigenvalue weighted by molar-refractivity contribution is 1.11. The molecule has 0 aliphatic carbocycles. The Morgan fingerprint density at radius 3 is 2.25 bits per heavy atom. The molecule has 0 heterocycles. The molecule has 1 rings (SSSR count). The van der Waals surface area contributed by atoms with E-state index >= 15 is 0 Å². The second-order valence-electron chi connectivity index (χ2n) is 2.40. The Kier molecular flexibility index (Phi) is 6.44. The lowest BCUT2D eigenvalue weighted by Gasteiger charge is -2.02. The molecule has 0 saturated carbocycles. The third kappa shape index (κ3) is 3.13. The number of halogens is 1. The molecule has 12 heavy (non-hydrogen) atoms. The summed E-state index contributed by atoms with van der Waals surface area (Å²) in [7, 11) is 0. The Balaban J connectivity index is 0.000000561. The van der Waals surface area contributed by atoms with Crippen molar-refractivity contribution in [3.8, 4) is 0 Å². The number of aryl methyl sites for hydroxylation is 2. The molecule has 0 unspecified atom stereocenters. The summed E-state index contributed by atoms with van der Waals surface area (Å²) in [6.45, 7) is 8.35. The van der Waals surface area contributed by atoms with Gasteiger partial charge in [0, 0.05) is 3.57 Å². The first-order valence-electron chi connectivity index (χ1n) is 4.49. The van der Waals surface area contributed by atoms with Crippen LogP contribution in [-0.4, -0.2) is 0 Å². The van der Waals surface area contributed by atoms with Gasteiger partial charge in [0.1, 0.15) is 0 Å². The molecule has 0 amide bonds. The van der Waals surface area contributed by atoms with Crippen molar-refractivity contribution < 1.29 is 0 Å². The molecule has 0 nitrogen and oxygen atoms in total. The van der Waals surface area contributed by atoms with Gasteiger partial charge < -0.3 is 0 Å². The molecule has 1 aromatic rings. The Morgan fingerprint density at radius 2 is 1.83 bits per heavy atom. The van der Waals surface area contributed by atoms with Gasteiger partial charge in [-0.1, -0.05) is 39.0 Å². The molecule has 0 fully saturated rings. The Morgan fingerprint density at radius 1 is 1.25 bits per heavy atom. The van der Waals surface area contributed by atoms with E-state index in [1.807, 2.05) is 13.8 Å². The minimum absolute atomic E-state index is 1.14. The molecule has 0 spiro atoms. The quantitative estimate of drug-likeness (QED) is 0.675. The average molecular weight is 276 g/mol. The SMILES string of the molecule is CC.CCc1cccc(C)c1I. The number of hydrogen-bond acceptors (Lipinski definition) is 0. The van der Waals surface area contributed by atoms with Crippen molar-refractivity contribution in [1.82, 2.24) is 0 Å². The van der Waals surface area contributed by atoms with Crippen molar-refractivity contribution in [2.45, 2.75) is 34.1 Å². The summed E-state index contributed by atoms with van der Waals surface area (Å²) >= 11 is 2.40. The van der Waals surface area contributed by atoms with Crippen LogP contribution in [0.15, 0.2) is 18.2 Å². The highest BCUT2D eigenvalue weighted by atomic mass is 127. The van der Waals surface area contributed by atoms with E-state index in [9.17, 15) is 0 Å². The van der Waals surface area contributed by atoms with Crippen LogP contribution in [0.25, 0.3) is 0 Å². The standard InChI is InChI=1S/C9H11I.C2H6/c1-3-8-6-4-5-7(2)9(8)10;1-2/h4-6H,3H2,1-2H3;1-2H3. The minimum atomic E-state index is 1.14. The molecule has 0 bridgehead atoms. The van der Waals surface area contributed by atoms with Crippen LogP contribution in [0, 0.1) is 10.5 Å². The molecule has 0 aromatic heterocycles. The fourth-order valence-electron chi connectivity index (χ4n) is 0.981. The number of benzene rings is 1. The van der Waals surface area contributed by atoms with Crippen molar-refractivity contribution in [3.63, 3.8) is 0 Å². The molecule has 0 saturated heterocycles. The molecule has 0 aliphatic heterocycles. The molecule has 68 valence electrons. The lowest BCUT2D eigenvalue weighted by atomic mass is 10.1. The van der Waals surface area contributed by atoms with E-state index in [2.05, 4.69) is 54.6 Å². The first kappa shape index (κ1) is 11.9. The molecule has 0 N–H and O–H groups in total. The van der Waals surface area contributed by atoms with Crippen molar-refractivity contribution in [3.05, 3.63) is 32.9 Å². The van der Waals surface area contributed by atoms with E-state index in [-0.39, 0.29) is 0 Å². The maximum Gasteiger partial charge on any atom is 0.0191 e. The molecule has 1 heteroatoms. The Labute approximate surface area is 89.5 Å². The molecule has 0 aliphatic rings. The first-order valence-corrected chi connectivity index (χ1v) is 5.57. The van der Waals surface area contributed by atoms with Crippen LogP contribution in [0.5, 0.6) is 0 Å². The lowest BCUT2D eigenvalue weighted by Crippen LogP contribution is -1.87. The topological polar surface area (TPSA) is 0 Å². The molecular formula is C11H17I. The molecule has 1 aromatic carbocycles. The largest absolute Gasteiger partial charge is 0.0683 e.